The molecule has 0 saturated carbocycles. The first-order chi connectivity index (χ1) is 6.63. The molecule has 0 radical (unpaired) electrons. The second kappa shape index (κ2) is 4.61. The van der Waals surface area contributed by atoms with Crippen LogP contribution in [0.1, 0.15) is 6.92 Å². The Morgan fingerprint density at radius 1 is 1.79 bits per heavy atom. The molecule has 0 aliphatic heterocycles. The summed E-state index contributed by atoms with van der Waals surface area (Å²) in [6, 6.07) is -0.718. The first kappa shape index (κ1) is 10.5. The summed E-state index contributed by atoms with van der Waals surface area (Å²) in [7, 11) is 0. The molecule has 0 fully saturated rings. The van der Waals surface area contributed by atoms with Crippen LogP contribution in [0.15, 0.2) is 12.4 Å². The number of hydrogen-bond acceptors (Lipinski definition) is 4. The predicted molar refractivity (Wildman–Crippen MR) is 50.6 cm³/mol. The fourth-order valence-electron chi connectivity index (χ4n) is 0.977. The Morgan fingerprint density at radius 3 is 3.07 bits per heavy atom. The van der Waals surface area contributed by atoms with Crippen LogP contribution in [0, 0.1) is 0 Å². The van der Waals surface area contributed by atoms with Gasteiger partial charge in [-0.3, -0.25) is 9.48 Å². The molecule has 1 atom stereocenters. The fraction of sp³-hybridized carbons (Fsp3) is 0.500. The highest BCUT2D eigenvalue weighted by atomic mass is 16.5. The van der Waals surface area contributed by atoms with Crippen molar-refractivity contribution in [2.45, 2.75) is 19.5 Å². The van der Waals surface area contributed by atoms with Crippen molar-refractivity contribution >= 4 is 5.91 Å². The maximum absolute atomic E-state index is 10.7. The van der Waals surface area contributed by atoms with Crippen molar-refractivity contribution in [1.82, 2.24) is 9.78 Å². The van der Waals surface area contributed by atoms with Gasteiger partial charge >= 0.3 is 0 Å². The molecule has 0 aliphatic carbocycles. The van der Waals surface area contributed by atoms with Gasteiger partial charge in [-0.05, 0) is 6.92 Å². The number of ether oxygens (including phenoxy) is 1. The maximum Gasteiger partial charge on any atom is 0.236 e. The lowest BCUT2D eigenvalue weighted by atomic mass is 10.3. The highest BCUT2D eigenvalue weighted by Crippen LogP contribution is 2.07. The van der Waals surface area contributed by atoms with Gasteiger partial charge in [0.15, 0.2) is 5.75 Å². The molecule has 1 heterocycles. The number of rotatable bonds is 5. The van der Waals surface area contributed by atoms with Crippen LogP contribution in [0.3, 0.4) is 0 Å². The number of nitrogens with two attached hydrogens (primary N) is 2. The maximum atomic E-state index is 10.7. The molecule has 4 N–H and O–H groups in total. The Kier molecular flexibility index (Phi) is 3.47. The first-order valence-electron chi connectivity index (χ1n) is 4.33. The van der Waals surface area contributed by atoms with E-state index in [9.17, 15) is 4.79 Å². The van der Waals surface area contributed by atoms with Crippen molar-refractivity contribution in [2.75, 3.05) is 6.61 Å². The van der Waals surface area contributed by atoms with Gasteiger partial charge in [-0.15, -0.1) is 0 Å². The van der Waals surface area contributed by atoms with E-state index in [0.29, 0.717) is 12.4 Å². The van der Waals surface area contributed by atoms with Gasteiger partial charge in [-0.2, -0.15) is 5.10 Å². The molecule has 0 aromatic carbocycles. The SMILES string of the molecule is CCOc1cnn(CC(N)C(N)=O)c1. The van der Waals surface area contributed by atoms with E-state index in [1.807, 2.05) is 6.92 Å². The molecular weight excluding hydrogens is 184 g/mol. The van der Waals surface area contributed by atoms with Gasteiger partial charge < -0.3 is 16.2 Å². The summed E-state index contributed by atoms with van der Waals surface area (Å²) in [4.78, 5) is 10.7. The normalized spacial score (nSPS) is 12.4. The van der Waals surface area contributed by atoms with E-state index in [2.05, 4.69) is 5.10 Å². The molecule has 1 aromatic heterocycles. The Labute approximate surface area is 81.8 Å². The average molecular weight is 198 g/mol. The minimum Gasteiger partial charge on any atom is -0.491 e. The second-order valence-corrected chi connectivity index (χ2v) is 2.84. The van der Waals surface area contributed by atoms with E-state index in [4.69, 9.17) is 16.2 Å². The molecule has 0 spiro atoms. The van der Waals surface area contributed by atoms with Gasteiger partial charge in [0.1, 0.15) is 6.04 Å². The molecular formula is C8H14N4O2. The van der Waals surface area contributed by atoms with E-state index >= 15 is 0 Å². The zero-order valence-corrected chi connectivity index (χ0v) is 8.01. The zero-order valence-electron chi connectivity index (χ0n) is 8.01. The van der Waals surface area contributed by atoms with Crippen molar-refractivity contribution in [2.24, 2.45) is 11.5 Å². The Balaban J connectivity index is 2.55. The summed E-state index contributed by atoms with van der Waals surface area (Å²) in [6.45, 7) is 2.72. The summed E-state index contributed by atoms with van der Waals surface area (Å²) in [6.07, 6.45) is 3.24. The van der Waals surface area contributed by atoms with Crippen molar-refractivity contribution in [3.8, 4) is 5.75 Å². The number of aromatic nitrogens is 2. The van der Waals surface area contributed by atoms with E-state index in [-0.39, 0.29) is 6.54 Å². The zero-order chi connectivity index (χ0) is 10.6. The summed E-state index contributed by atoms with van der Waals surface area (Å²) in [5, 5.41) is 3.96. The monoisotopic (exact) mass is 198 g/mol. The third kappa shape index (κ3) is 2.74. The van der Waals surface area contributed by atoms with Crippen LogP contribution in [0.5, 0.6) is 5.75 Å². The molecule has 14 heavy (non-hydrogen) atoms. The van der Waals surface area contributed by atoms with Crippen LogP contribution in [-0.4, -0.2) is 28.3 Å². The number of hydrogen-bond donors (Lipinski definition) is 2. The highest BCUT2D eigenvalue weighted by Gasteiger charge is 2.10. The summed E-state index contributed by atoms with van der Waals surface area (Å²) >= 11 is 0. The van der Waals surface area contributed by atoms with Crippen molar-refractivity contribution < 1.29 is 9.53 Å². The predicted octanol–water partition coefficient (Wildman–Crippen LogP) is -0.906. The van der Waals surface area contributed by atoms with Gasteiger partial charge in [-0.1, -0.05) is 0 Å². The smallest absolute Gasteiger partial charge is 0.236 e. The first-order valence-corrected chi connectivity index (χ1v) is 4.33. The molecule has 1 rings (SSSR count). The van der Waals surface area contributed by atoms with Crippen molar-refractivity contribution in [3.63, 3.8) is 0 Å². The minimum absolute atomic E-state index is 0.266. The molecule has 6 nitrogen and oxygen atoms in total. The van der Waals surface area contributed by atoms with Crippen LogP contribution in [-0.2, 0) is 11.3 Å². The number of carbonyl (C=O) groups is 1. The molecule has 1 unspecified atom stereocenters. The molecule has 1 amide bonds. The van der Waals surface area contributed by atoms with Gasteiger partial charge in [0.05, 0.1) is 25.5 Å². The van der Waals surface area contributed by atoms with E-state index in [0.717, 1.165) is 0 Å². The van der Waals surface area contributed by atoms with E-state index < -0.39 is 11.9 Å². The summed E-state index contributed by atoms with van der Waals surface area (Å²) < 4.78 is 6.72. The Morgan fingerprint density at radius 2 is 2.50 bits per heavy atom. The number of carbonyl (C=O) groups excluding carboxylic acids is 1. The molecule has 1 aromatic rings. The number of nitrogens with zero attached hydrogens (tertiary/aromatic N) is 2. The van der Waals surface area contributed by atoms with Crippen LogP contribution >= 0.6 is 0 Å². The fourth-order valence-corrected chi connectivity index (χ4v) is 0.977. The molecule has 0 bridgehead atoms. The van der Waals surface area contributed by atoms with Crippen molar-refractivity contribution in [1.29, 1.82) is 0 Å². The molecule has 78 valence electrons. The Bertz CT molecular complexity index is 310. The third-order valence-electron chi connectivity index (χ3n) is 1.67. The lowest BCUT2D eigenvalue weighted by Gasteiger charge is -2.06. The largest absolute Gasteiger partial charge is 0.491 e. The summed E-state index contributed by atoms with van der Waals surface area (Å²) in [5.74, 6) is 0.114. The molecule has 0 aliphatic rings. The molecule has 6 heteroatoms. The number of amides is 1. The molecule has 0 saturated heterocycles. The topological polar surface area (TPSA) is 96.2 Å². The minimum atomic E-state index is -0.718. The van der Waals surface area contributed by atoms with E-state index in [1.54, 1.807) is 12.4 Å². The average Bonchev–Trinajstić information content (AvgIpc) is 2.53. The summed E-state index contributed by atoms with van der Waals surface area (Å²) in [5.41, 5.74) is 10.5. The standard InChI is InChI=1S/C8H14N4O2/c1-2-14-6-3-11-12(4-6)5-7(9)8(10)13/h3-4,7H,2,5,9H2,1H3,(H2,10,13). The van der Waals surface area contributed by atoms with Crippen molar-refractivity contribution in [3.05, 3.63) is 12.4 Å². The van der Waals surface area contributed by atoms with Gasteiger partial charge in [0, 0.05) is 0 Å². The van der Waals surface area contributed by atoms with Crippen LogP contribution in [0.25, 0.3) is 0 Å². The van der Waals surface area contributed by atoms with E-state index in [1.165, 1.54) is 4.68 Å². The lowest BCUT2D eigenvalue weighted by molar-refractivity contribution is -0.119. The lowest BCUT2D eigenvalue weighted by Crippen LogP contribution is -2.39. The van der Waals surface area contributed by atoms with Gasteiger partial charge in [-0.25, -0.2) is 0 Å². The van der Waals surface area contributed by atoms with Crippen LogP contribution in [0.4, 0.5) is 0 Å². The van der Waals surface area contributed by atoms with Gasteiger partial charge in [0.25, 0.3) is 0 Å². The highest BCUT2D eigenvalue weighted by molar-refractivity contribution is 5.79. The van der Waals surface area contributed by atoms with Crippen LogP contribution in [0.2, 0.25) is 0 Å². The second-order valence-electron chi connectivity index (χ2n) is 2.84. The van der Waals surface area contributed by atoms with Crippen LogP contribution < -0.4 is 16.2 Å². The third-order valence-corrected chi connectivity index (χ3v) is 1.67. The van der Waals surface area contributed by atoms with Gasteiger partial charge in [0.2, 0.25) is 5.91 Å². The number of primary amides is 1. The Hall–Kier alpha value is -1.56. The quantitative estimate of drug-likeness (QED) is 0.640.